The number of nitrogens with two attached hydrogens (primary N) is 1. The number of aromatic nitrogens is 1. The van der Waals surface area contributed by atoms with Crippen LogP contribution in [-0.4, -0.2) is 23.1 Å². The number of nitrogens with zero attached hydrogens (tertiary/aromatic N) is 1. The lowest BCUT2D eigenvalue weighted by molar-refractivity contribution is -0.140. The highest BCUT2D eigenvalue weighted by atomic mass is 16.5. The zero-order chi connectivity index (χ0) is 21.9. The third-order valence-corrected chi connectivity index (χ3v) is 5.86. The molecule has 8 nitrogen and oxygen atoms in total. The molecule has 2 aliphatic rings. The summed E-state index contributed by atoms with van der Waals surface area (Å²) in [6.45, 7) is 1.71. The van der Waals surface area contributed by atoms with E-state index in [9.17, 15) is 14.4 Å². The van der Waals surface area contributed by atoms with Gasteiger partial charge in [0, 0.05) is 23.7 Å². The van der Waals surface area contributed by atoms with Gasteiger partial charge in [0.1, 0.15) is 16.7 Å². The summed E-state index contributed by atoms with van der Waals surface area (Å²) >= 11 is 0. The lowest BCUT2D eigenvalue weighted by atomic mass is 9.68. The fourth-order valence-electron chi connectivity index (χ4n) is 4.59. The van der Waals surface area contributed by atoms with Crippen LogP contribution in [-0.2, 0) is 26.8 Å². The number of nitrogens with one attached hydrogen (secondary N) is 1. The largest absolute Gasteiger partial charge is 0.462 e. The van der Waals surface area contributed by atoms with Crippen LogP contribution in [0.3, 0.4) is 0 Å². The molecule has 31 heavy (non-hydrogen) atoms. The van der Waals surface area contributed by atoms with E-state index in [4.69, 9.17) is 15.2 Å². The molecule has 0 saturated carbocycles. The van der Waals surface area contributed by atoms with E-state index in [-0.39, 0.29) is 29.4 Å². The van der Waals surface area contributed by atoms with Crippen LogP contribution in [0.4, 0.5) is 5.69 Å². The van der Waals surface area contributed by atoms with Gasteiger partial charge in [-0.1, -0.05) is 30.3 Å². The molecule has 156 valence electrons. The Balaban J connectivity index is 2.00. The number of rotatable bonds is 2. The Morgan fingerprint density at radius 3 is 2.65 bits per heavy atom. The third-order valence-electron chi connectivity index (χ3n) is 5.86. The van der Waals surface area contributed by atoms with E-state index >= 15 is 0 Å². The van der Waals surface area contributed by atoms with E-state index < -0.39 is 22.9 Å². The highest BCUT2D eigenvalue weighted by molar-refractivity contribution is 6.18. The monoisotopic (exact) mass is 417 g/mol. The molecule has 0 radical (unpaired) electrons. The summed E-state index contributed by atoms with van der Waals surface area (Å²) in [5.74, 6) is -1.48. The number of anilines is 1. The quantitative estimate of drug-likeness (QED) is 0.616. The predicted molar refractivity (Wildman–Crippen MR) is 114 cm³/mol. The van der Waals surface area contributed by atoms with Crippen molar-refractivity contribution in [3.8, 4) is 5.75 Å². The molecule has 2 aliphatic heterocycles. The number of para-hydroxylation sites is 2. The van der Waals surface area contributed by atoms with Crippen LogP contribution in [0.5, 0.6) is 5.75 Å². The van der Waals surface area contributed by atoms with E-state index in [1.54, 1.807) is 62.5 Å². The molecular weight excluding hydrogens is 398 g/mol. The first kappa shape index (κ1) is 18.9. The van der Waals surface area contributed by atoms with Gasteiger partial charge in [-0.05, 0) is 25.1 Å². The molecular formula is C23H19N3O5. The first-order valence-electron chi connectivity index (χ1n) is 9.81. The SMILES string of the molecule is CCOC(=O)C1=C(N)Oc2c(c(=O)n(C)c3ccccc23)[C@@]12C(=O)Nc1ccccc12. The summed E-state index contributed by atoms with van der Waals surface area (Å²) in [6.07, 6.45) is 0. The Labute approximate surface area is 176 Å². The molecule has 5 rings (SSSR count). The number of hydrogen-bond donors (Lipinski definition) is 2. The third kappa shape index (κ3) is 2.27. The smallest absolute Gasteiger partial charge is 0.341 e. The summed E-state index contributed by atoms with van der Waals surface area (Å²) in [6, 6.07) is 14.1. The molecule has 0 saturated heterocycles. The number of hydrogen-bond acceptors (Lipinski definition) is 6. The van der Waals surface area contributed by atoms with Gasteiger partial charge in [0.05, 0.1) is 17.7 Å². The van der Waals surface area contributed by atoms with Crippen molar-refractivity contribution in [2.45, 2.75) is 12.3 Å². The Bertz CT molecular complexity index is 1390. The first-order chi connectivity index (χ1) is 14.9. The van der Waals surface area contributed by atoms with Crippen molar-refractivity contribution in [1.29, 1.82) is 0 Å². The van der Waals surface area contributed by atoms with Gasteiger partial charge in [0.2, 0.25) is 11.8 Å². The maximum atomic E-state index is 13.7. The average Bonchev–Trinajstić information content (AvgIpc) is 3.04. The molecule has 1 atom stereocenters. The van der Waals surface area contributed by atoms with Crippen LogP contribution < -0.4 is 21.3 Å². The molecule has 0 fully saturated rings. The number of esters is 1. The van der Waals surface area contributed by atoms with Gasteiger partial charge in [0.25, 0.3) is 5.56 Å². The van der Waals surface area contributed by atoms with Gasteiger partial charge in [0.15, 0.2) is 0 Å². The molecule has 0 bridgehead atoms. The molecule has 3 heterocycles. The molecule has 0 aliphatic carbocycles. The standard InChI is InChI=1S/C23H19N3O5/c1-3-30-21(28)17-19(24)31-18-12-8-4-7-11-15(12)26(2)20(27)16(18)23(17)13-9-5-6-10-14(13)25-22(23)29/h4-11H,3,24H2,1-2H3,(H,25,29)/t23-/m1/s1. The van der Waals surface area contributed by atoms with Gasteiger partial charge in [-0.15, -0.1) is 0 Å². The van der Waals surface area contributed by atoms with Crippen molar-refractivity contribution in [1.82, 2.24) is 4.57 Å². The molecule has 0 unspecified atom stereocenters. The normalized spacial score (nSPS) is 19.1. The van der Waals surface area contributed by atoms with Gasteiger partial charge in [-0.3, -0.25) is 9.59 Å². The molecule has 1 amide bonds. The molecule has 8 heteroatoms. The Morgan fingerprint density at radius 1 is 1.16 bits per heavy atom. The Morgan fingerprint density at radius 2 is 1.87 bits per heavy atom. The van der Waals surface area contributed by atoms with E-state index in [1.165, 1.54) is 4.57 Å². The van der Waals surface area contributed by atoms with Crippen molar-refractivity contribution < 1.29 is 19.1 Å². The fourth-order valence-corrected chi connectivity index (χ4v) is 4.59. The van der Waals surface area contributed by atoms with Gasteiger partial charge in [-0.25, -0.2) is 4.79 Å². The summed E-state index contributed by atoms with van der Waals surface area (Å²) in [4.78, 5) is 40.4. The molecule has 2 aromatic carbocycles. The number of ether oxygens (including phenoxy) is 2. The minimum Gasteiger partial charge on any atom is -0.462 e. The number of aryl methyl sites for hydroxylation is 1. The average molecular weight is 417 g/mol. The summed E-state index contributed by atoms with van der Waals surface area (Å²) in [5.41, 5.74) is 5.38. The highest BCUT2D eigenvalue weighted by Gasteiger charge is 2.60. The number of fused-ring (bicyclic) bond motifs is 6. The van der Waals surface area contributed by atoms with Gasteiger partial charge < -0.3 is 25.1 Å². The lowest BCUT2D eigenvalue weighted by Gasteiger charge is -2.35. The van der Waals surface area contributed by atoms with E-state index in [2.05, 4.69) is 5.32 Å². The van der Waals surface area contributed by atoms with Gasteiger partial charge in [-0.2, -0.15) is 0 Å². The number of carbonyl (C=O) groups is 2. The van der Waals surface area contributed by atoms with E-state index in [1.807, 2.05) is 0 Å². The minimum atomic E-state index is -1.79. The number of amides is 1. The van der Waals surface area contributed by atoms with Crippen molar-refractivity contribution in [3.63, 3.8) is 0 Å². The minimum absolute atomic E-state index is 0.0356. The highest BCUT2D eigenvalue weighted by Crippen LogP contribution is 2.53. The Kier molecular flexibility index (Phi) is 3.95. The van der Waals surface area contributed by atoms with Crippen LogP contribution in [0.1, 0.15) is 18.1 Å². The maximum absolute atomic E-state index is 13.7. The fraction of sp³-hybridized carbons (Fsp3) is 0.174. The van der Waals surface area contributed by atoms with Crippen LogP contribution >= 0.6 is 0 Å². The van der Waals surface area contributed by atoms with Crippen LogP contribution in [0.25, 0.3) is 10.9 Å². The second kappa shape index (κ2) is 6.46. The molecule has 3 aromatic rings. The zero-order valence-corrected chi connectivity index (χ0v) is 16.9. The summed E-state index contributed by atoms with van der Waals surface area (Å²) < 4.78 is 12.5. The van der Waals surface area contributed by atoms with E-state index in [0.29, 0.717) is 22.2 Å². The van der Waals surface area contributed by atoms with Crippen LogP contribution in [0, 0.1) is 0 Å². The van der Waals surface area contributed by atoms with Crippen molar-refractivity contribution in [2.75, 3.05) is 11.9 Å². The number of pyridine rings is 1. The van der Waals surface area contributed by atoms with Gasteiger partial charge >= 0.3 is 5.97 Å². The van der Waals surface area contributed by atoms with Crippen LogP contribution in [0.2, 0.25) is 0 Å². The first-order valence-corrected chi connectivity index (χ1v) is 9.81. The van der Waals surface area contributed by atoms with E-state index in [0.717, 1.165) is 0 Å². The molecule has 1 spiro atoms. The second-order valence-corrected chi connectivity index (χ2v) is 7.40. The summed E-state index contributed by atoms with van der Waals surface area (Å²) in [7, 11) is 1.61. The van der Waals surface area contributed by atoms with Crippen molar-refractivity contribution >= 4 is 28.5 Å². The number of carbonyl (C=O) groups excluding carboxylic acids is 2. The second-order valence-electron chi connectivity index (χ2n) is 7.40. The maximum Gasteiger partial charge on any atom is 0.341 e. The molecule has 1 aromatic heterocycles. The lowest BCUT2D eigenvalue weighted by Crippen LogP contribution is -2.49. The number of benzene rings is 2. The van der Waals surface area contributed by atoms with Crippen LogP contribution in [0.15, 0.2) is 64.8 Å². The van der Waals surface area contributed by atoms with Crippen molar-refractivity contribution in [2.24, 2.45) is 12.8 Å². The van der Waals surface area contributed by atoms with Crippen molar-refractivity contribution in [3.05, 3.63) is 81.5 Å². The predicted octanol–water partition coefficient (Wildman–Crippen LogP) is 1.90. The summed E-state index contributed by atoms with van der Waals surface area (Å²) in [5, 5.41) is 3.40. The molecule has 3 N–H and O–H groups in total. The zero-order valence-electron chi connectivity index (χ0n) is 16.9. The Hall–Kier alpha value is -4.07. The topological polar surface area (TPSA) is 113 Å².